The number of hydrogen-bond donors (Lipinski definition) is 1. The van der Waals surface area contributed by atoms with E-state index in [1.807, 2.05) is 30.3 Å². The van der Waals surface area contributed by atoms with E-state index in [4.69, 9.17) is 0 Å². The van der Waals surface area contributed by atoms with Crippen molar-refractivity contribution in [3.8, 4) is 0 Å². The van der Waals surface area contributed by atoms with E-state index in [0.29, 0.717) is 0 Å². The van der Waals surface area contributed by atoms with Gasteiger partial charge in [0.25, 0.3) is 0 Å². The second-order valence-corrected chi connectivity index (χ2v) is 5.86. The maximum absolute atomic E-state index is 10.6. The molecule has 1 heterocycles. The lowest BCUT2D eigenvalue weighted by atomic mass is 9.99. The largest absolute Gasteiger partial charge is 0.387 e. The third-order valence-corrected chi connectivity index (χ3v) is 4.46. The van der Waals surface area contributed by atoms with Crippen molar-refractivity contribution in [2.24, 2.45) is 0 Å². The van der Waals surface area contributed by atoms with Crippen LogP contribution in [-0.2, 0) is 0 Å². The summed E-state index contributed by atoms with van der Waals surface area (Å²) in [7, 11) is 2.14. The van der Waals surface area contributed by atoms with Crippen LogP contribution in [0.5, 0.6) is 0 Å². The first-order valence-electron chi connectivity index (χ1n) is 7.88. The maximum atomic E-state index is 10.6. The molecule has 0 saturated carbocycles. The van der Waals surface area contributed by atoms with Gasteiger partial charge in [0, 0.05) is 19.1 Å². The van der Waals surface area contributed by atoms with Crippen molar-refractivity contribution in [2.45, 2.75) is 38.3 Å². The summed E-state index contributed by atoms with van der Waals surface area (Å²) in [5, 5.41) is 10.6. The Morgan fingerprint density at radius 3 is 2.45 bits per heavy atom. The number of likely N-dealkylation sites (tertiary alicyclic amines) is 1. The molecule has 112 valence electrons. The Morgan fingerprint density at radius 2 is 1.85 bits per heavy atom. The molecule has 0 amide bonds. The highest BCUT2D eigenvalue weighted by atomic mass is 16.3. The van der Waals surface area contributed by atoms with Gasteiger partial charge in [0.15, 0.2) is 0 Å². The van der Waals surface area contributed by atoms with Gasteiger partial charge in [-0.3, -0.25) is 4.90 Å². The van der Waals surface area contributed by atoms with Crippen LogP contribution in [0.4, 0.5) is 0 Å². The Morgan fingerprint density at radius 1 is 1.20 bits per heavy atom. The Balaban J connectivity index is 1.89. The van der Waals surface area contributed by atoms with E-state index in [1.54, 1.807) is 0 Å². The first-order valence-corrected chi connectivity index (χ1v) is 7.88. The predicted molar refractivity (Wildman–Crippen MR) is 83.8 cm³/mol. The number of rotatable bonds is 7. The molecule has 0 spiro atoms. The zero-order chi connectivity index (χ0) is 14.4. The summed E-state index contributed by atoms with van der Waals surface area (Å²) in [5.41, 5.74) is 1.02. The molecule has 1 aromatic carbocycles. The predicted octanol–water partition coefficient (Wildman–Crippen LogP) is 2.53. The molecule has 0 aromatic heterocycles. The van der Waals surface area contributed by atoms with Gasteiger partial charge < -0.3 is 10.0 Å². The molecule has 1 aromatic rings. The van der Waals surface area contributed by atoms with Crippen LogP contribution in [-0.4, -0.2) is 54.2 Å². The topological polar surface area (TPSA) is 26.7 Å². The summed E-state index contributed by atoms with van der Waals surface area (Å²) < 4.78 is 0. The average molecular weight is 276 g/mol. The van der Waals surface area contributed by atoms with E-state index >= 15 is 0 Å². The monoisotopic (exact) mass is 276 g/mol. The fourth-order valence-corrected chi connectivity index (χ4v) is 3.12. The second kappa shape index (κ2) is 7.77. The number of likely N-dealkylation sites (N-methyl/N-ethyl adjacent to an activating group) is 1. The van der Waals surface area contributed by atoms with E-state index in [9.17, 15) is 5.11 Å². The van der Waals surface area contributed by atoms with Crippen molar-refractivity contribution < 1.29 is 5.11 Å². The Labute approximate surface area is 123 Å². The molecule has 1 aliphatic heterocycles. The van der Waals surface area contributed by atoms with E-state index in [-0.39, 0.29) is 6.04 Å². The highest BCUT2D eigenvalue weighted by molar-refractivity contribution is 5.18. The van der Waals surface area contributed by atoms with Gasteiger partial charge in [-0.2, -0.15) is 0 Å². The standard InChI is InChI=1S/C17H28N2O/c1-3-16(17(20)15-9-5-4-6-10-15)18(2)13-14-19-11-7-8-12-19/h4-6,9-10,16-17,20H,3,7-8,11-14H2,1-2H3. The van der Waals surface area contributed by atoms with Gasteiger partial charge in [-0.25, -0.2) is 0 Å². The van der Waals surface area contributed by atoms with Crippen molar-refractivity contribution in [1.29, 1.82) is 0 Å². The minimum Gasteiger partial charge on any atom is -0.387 e. The Hall–Kier alpha value is -0.900. The highest BCUT2D eigenvalue weighted by Gasteiger charge is 2.23. The van der Waals surface area contributed by atoms with Crippen molar-refractivity contribution in [3.63, 3.8) is 0 Å². The molecule has 3 nitrogen and oxygen atoms in total. The average Bonchev–Trinajstić information content (AvgIpc) is 3.00. The number of benzene rings is 1. The molecule has 1 aliphatic rings. The third-order valence-electron chi connectivity index (χ3n) is 4.46. The number of aliphatic hydroxyl groups excluding tert-OH is 1. The van der Waals surface area contributed by atoms with Gasteiger partial charge in [-0.05, 0) is 45.0 Å². The molecule has 2 unspecified atom stereocenters. The number of aliphatic hydroxyl groups is 1. The van der Waals surface area contributed by atoms with Gasteiger partial charge >= 0.3 is 0 Å². The van der Waals surface area contributed by atoms with Crippen LogP contribution in [0.3, 0.4) is 0 Å². The highest BCUT2D eigenvalue weighted by Crippen LogP contribution is 2.22. The molecule has 0 bridgehead atoms. The molecule has 2 atom stereocenters. The van der Waals surface area contributed by atoms with E-state index in [1.165, 1.54) is 25.9 Å². The molecule has 1 saturated heterocycles. The Kier molecular flexibility index (Phi) is 6.02. The summed E-state index contributed by atoms with van der Waals surface area (Å²) in [6.45, 7) is 6.79. The fraction of sp³-hybridized carbons (Fsp3) is 0.647. The minimum absolute atomic E-state index is 0.194. The fourth-order valence-electron chi connectivity index (χ4n) is 3.12. The second-order valence-electron chi connectivity index (χ2n) is 5.86. The van der Waals surface area contributed by atoms with Crippen molar-refractivity contribution in [2.75, 3.05) is 33.2 Å². The smallest absolute Gasteiger partial charge is 0.0944 e. The lowest BCUT2D eigenvalue weighted by Crippen LogP contribution is -2.40. The van der Waals surface area contributed by atoms with Crippen LogP contribution in [0.15, 0.2) is 30.3 Å². The lowest BCUT2D eigenvalue weighted by molar-refractivity contribution is 0.0559. The van der Waals surface area contributed by atoms with Crippen molar-refractivity contribution in [3.05, 3.63) is 35.9 Å². The van der Waals surface area contributed by atoms with E-state index in [2.05, 4.69) is 23.8 Å². The molecular formula is C17H28N2O. The molecule has 2 rings (SSSR count). The number of nitrogens with zero attached hydrogens (tertiary/aromatic N) is 2. The summed E-state index contributed by atoms with van der Waals surface area (Å²) in [6, 6.07) is 10.2. The summed E-state index contributed by atoms with van der Waals surface area (Å²) in [5.74, 6) is 0. The quantitative estimate of drug-likeness (QED) is 0.829. The zero-order valence-electron chi connectivity index (χ0n) is 12.8. The van der Waals surface area contributed by atoms with Crippen LogP contribution >= 0.6 is 0 Å². The molecule has 20 heavy (non-hydrogen) atoms. The lowest BCUT2D eigenvalue weighted by Gasteiger charge is -2.32. The van der Waals surface area contributed by atoms with Crippen LogP contribution in [0.2, 0.25) is 0 Å². The maximum Gasteiger partial charge on any atom is 0.0944 e. The van der Waals surface area contributed by atoms with Gasteiger partial charge in [0.2, 0.25) is 0 Å². The SMILES string of the molecule is CCC(C(O)c1ccccc1)N(C)CCN1CCCC1. The minimum atomic E-state index is -0.398. The molecule has 1 fully saturated rings. The van der Waals surface area contributed by atoms with Gasteiger partial charge in [-0.15, -0.1) is 0 Å². The molecule has 0 radical (unpaired) electrons. The molecule has 3 heteroatoms. The summed E-state index contributed by atoms with van der Waals surface area (Å²) in [6.07, 6.45) is 3.25. The third kappa shape index (κ3) is 4.05. The van der Waals surface area contributed by atoms with Gasteiger partial charge in [0.1, 0.15) is 0 Å². The van der Waals surface area contributed by atoms with Crippen LogP contribution < -0.4 is 0 Å². The molecule has 1 N–H and O–H groups in total. The van der Waals surface area contributed by atoms with Crippen LogP contribution in [0.1, 0.15) is 37.9 Å². The van der Waals surface area contributed by atoms with Crippen molar-refractivity contribution in [1.82, 2.24) is 9.80 Å². The number of hydrogen-bond acceptors (Lipinski definition) is 3. The normalized spacial score (nSPS) is 19.4. The summed E-state index contributed by atoms with van der Waals surface area (Å²) in [4.78, 5) is 4.84. The van der Waals surface area contributed by atoms with Crippen LogP contribution in [0.25, 0.3) is 0 Å². The van der Waals surface area contributed by atoms with Crippen LogP contribution in [0, 0.1) is 0 Å². The van der Waals surface area contributed by atoms with E-state index in [0.717, 1.165) is 25.1 Å². The first kappa shape index (κ1) is 15.5. The zero-order valence-corrected chi connectivity index (χ0v) is 12.8. The Bertz CT molecular complexity index is 376. The van der Waals surface area contributed by atoms with E-state index < -0.39 is 6.10 Å². The van der Waals surface area contributed by atoms with Crippen molar-refractivity contribution >= 4 is 0 Å². The van der Waals surface area contributed by atoms with Gasteiger partial charge in [-0.1, -0.05) is 37.3 Å². The molecular weight excluding hydrogens is 248 g/mol. The van der Waals surface area contributed by atoms with Gasteiger partial charge in [0.05, 0.1) is 6.10 Å². The first-order chi connectivity index (χ1) is 9.72. The summed E-state index contributed by atoms with van der Waals surface area (Å²) >= 11 is 0. The molecule has 0 aliphatic carbocycles.